The molecule has 0 aliphatic heterocycles. The molecule has 1 fully saturated rings. The van der Waals surface area contributed by atoms with Gasteiger partial charge in [0.2, 0.25) is 0 Å². The molecule has 1 aliphatic carbocycles. The normalized spacial score (nSPS) is 17.4. The first-order chi connectivity index (χ1) is 9.77. The van der Waals surface area contributed by atoms with Crippen LogP contribution in [0.4, 0.5) is 0 Å². The summed E-state index contributed by atoms with van der Waals surface area (Å²) in [5, 5.41) is 20.8. The number of pyridine rings is 1. The van der Waals surface area contributed by atoms with Gasteiger partial charge in [0, 0.05) is 36.6 Å². The van der Waals surface area contributed by atoms with E-state index in [-0.39, 0.29) is 0 Å². The minimum absolute atomic E-state index is 0.516. The minimum Gasteiger partial charge on any atom is -0.389 e. The highest BCUT2D eigenvalue weighted by molar-refractivity contribution is 5.61. The zero-order valence-corrected chi connectivity index (χ0v) is 11.5. The number of hydrogen-bond donors (Lipinski definition) is 3. The molecule has 0 aromatic carbocycles. The molecule has 5 heteroatoms. The molecule has 1 saturated carbocycles. The number of H-pyrrole nitrogens is 1. The zero-order valence-electron chi connectivity index (χ0n) is 11.5. The third-order valence-electron chi connectivity index (χ3n) is 3.97. The Balaban J connectivity index is 1.63. The van der Waals surface area contributed by atoms with Crippen LogP contribution in [0.15, 0.2) is 30.7 Å². The summed E-state index contributed by atoms with van der Waals surface area (Å²) >= 11 is 0. The SMILES string of the molecule is OC1(CNCc2cn[nH]c2-c2cccnc2)CCCC1. The van der Waals surface area contributed by atoms with Crippen LogP contribution in [0.2, 0.25) is 0 Å². The molecule has 20 heavy (non-hydrogen) atoms. The van der Waals surface area contributed by atoms with Gasteiger partial charge in [-0.3, -0.25) is 10.1 Å². The molecule has 0 bridgehead atoms. The van der Waals surface area contributed by atoms with Crippen molar-refractivity contribution < 1.29 is 5.11 Å². The summed E-state index contributed by atoms with van der Waals surface area (Å²) < 4.78 is 0. The highest BCUT2D eigenvalue weighted by Gasteiger charge is 2.30. The van der Waals surface area contributed by atoms with E-state index in [1.54, 1.807) is 6.20 Å². The largest absolute Gasteiger partial charge is 0.389 e. The monoisotopic (exact) mass is 272 g/mol. The van der Waals surface area contributed by atoms with Gasteiger partial charge in [0.15, 0.2) is 0 Å². The van der Waals surface area contributed by atoms with E-state index < -0.39 is 5.60 Å². The Morgan fingerprint density at radius 2 is 2.15 bits per heavy atom. The molecule has 2 aromatic rings. The van der Waals surface area contributed by atoms with Crippen LogP contribution in [0.25, 0.3) is 11.3 Å². The Bertz CT molecular complexity index is 546. The summed E-state index contributed by atoms with van der Waals surface area (Å²) in [4.78, 5) is 4.13. The van der Waals surface area contributed by atoms with Gasteiger partial charge >= 0.3 is 0 Å². The Hall–Kier alpha value is -1.72. The predicted octanol–water partition coefficient (Wildman–Crippen LogP) is 1.87. The van der Waals surface area contributed by atoms with Crippen molar-refractivity contribution in [3.63, 3.8) is 0 Å². The average Bonchev–Trinajstić information content (AvgIpc) is 3.10. The van der Waals surface area contributed by atoms with E-state index in [1.807, 2.05) is 24.5 Å². The highest BCUT2D eigenvalue weighted by Crippen LogP contribution is 2.28. The van der Waals surface area contributed by atoms with E-state index in [4.69, 9.17) is 0 Å². The Kier molecular flexibility index (Phi) is 3.80. The lowest BCUT2D eigenvalue weighted by Gasteiger charge is -2.22. The van der Waals surface area contributed by atoms with Gasteiger partial charge in [-0.2, -0.15) is 5.10 Å². The lowest BCUT2D eigenvalue weighted by molar-refractivity contribution is 0.0475. The zero-order chi connectivity index (χ0) is 13.8. The summed E-state index contributed by atoms with van der Waals surface area (Å²) in [5.41, 5.74) is 2.60. The number of aromatic nitrogens is 3. The van der Waals surface area contributed by atoms with Crippen molar-refractivity contribution in [2.24, 2.45) is 0 Å². The molecule has 0 atom stereocenters. The second kappa shape index (κ2) is 5.73. The molecule has 5 nitrogen and oxygen atoms in total. The van der Waals surface area contributed by atoms with E-state index in [1.165, 1.54) is 0 Å². The molecule has 0 radical (unpaired) electrons. The van der Waals surface area contributed by atoms with Crippen LogP contribution in [-0.4, -0.2) is 32.4 Å². The molecule has 106 valence electrons. The van der Waals surface area contributed by atoms with Gasteiger partial charge in [-0.05, 0) is 25.0 Å². The molecule has 2 aromatic heterocycles. The van der Waals surface area contributed by atoms with Gasteiger partial charge in [-0.25, -0.2) is 0 Å². The maximum Gasteiger partial charge on any atom is 0.0771 e. The summed E-state index contributed by atoms with van der Waals surface area (Å²) in [6.07, 6.45) is 9.47. The second-order valence-corrected chi connectivity index (χ2v) is 5.55. The van der Waals surface area contributed by atoms with E-state index in [2.05, 4.69) is 20.5 Å². The van der Waals surface area contributed by atoms with Crippen LogP contribution < -0.4 is 5.32 Å². The Morgan fingerprint density at radius 3 is 2.90 bits per heavy atom. The van der Waals surface area contributed by atoms with Crippen molar-refractivity contribution in [2.75, 3.05) is 6.54 Å². The van der Waals surface area contributed by atoms with Crippen molar-refractivity contribution in [1.82, 2.24) is 20.5 Å². The second-order valence-electron chi connectivity index (χ2n) is 5.55. The van der Waals surface area contributed by atoms with Crippen molar-refractivity contribution in [2.45, 2.75) is 37.8 Å². The summed E-state index contributed by atoms with van der Waals surface area (Å²) in [7, 11) is 0. The van der Waals surface area contributed by atoms with Crippen molar-refractivity contribution in [1.29, 1.82) is 0 Å². The van der Waals surface area contributed by atoms with E-state index >= 15 is 0 Å². The first kappa shape index (κ1) is 13.3. The molecule has 3 N–H and O–H groups in total. The fourth-order valence-electron chi connectivity index (χ4n) is 2.85. The fraction of sp³-hybridized carbons (Fsp3) is 0.467. The van der Waals surface area contributed by atoms with E-state index in [9.17, 15) is 5.11 Å². The number of nitrogens with one attached hydrogen (secondary N) is 2. The Morgan fingerprint density at radius 1 is 1.30 bits per heavy atom. The molecule has 0 spiro atoms. The number of aromatic amines is 1. The van der Waals surface area contributed by atoms with Crippen molar-refractivity contribution in [3.05, 3.63) is 36.3 Å². The van der Waals surface area contributed by atoms with Crippen LogP contribution in [0.5, 0.6) is 0 Å². The molecule has 2 heterocycles. The molecule has 3 rings (SSSR count). The standard InChI is InChI=1S/C15H20N4O/c20-15(5-1-2-6-15)11-17-9-13-10-18-19-14(13)12-4-3-7-16-8-12/h3-4,7-8,10,17,20H,1-2,5-6,9,11H2,(H,18,19). The van der Waals surface area contributed by atoms with Crippen molar-refractivity contribution in [3.8, 4) is 11.3 Å². The van der Waals surface area contributed by atoms with Gasteiger partial charge in [-0.1, -0.05) is 12.8 Å². The number of nitrogens with zero attached hydrogens (tertiary/aromatic N) is 2. The first-order valence-corrected chi connectivity index (χ1v) is 7.13. The summed E-state index contributed by atoms with van der Waals surface area (Å²) in [6.45, 7) is 1.34. The summed E-state index contributed by atoms with van der Waals surface area (Å²) in [6, 6.07) is 3.92. The van der Waals surface area contributed by atoms with Gasteiger partial charge < -0.3 is 10.4 Å². The lowest BCUT2D eigenvalue weighted by atomic mass is 10.0. The van der Waals surface area contributed by atoms with Crippen LogP contribution in [0.3, 0.4) is 0 Å². The first-order valence-electron chi connectivity index (χ1n) is 7.13. The maximum absolute atomic E-state index is 10.3. The molecule has 0 amide bonds. The fourth-order valence-corrected chi connectivity index (χ4v) is 2.85. The number of hydrogen-bond acceptors (Lipinski definition) is 4. The average molecular weight is 272 g/mol. The summed E-state index contributed by atoms with van der Waals surface area (Å²) in [5.74, 6) is 0. The van der Waals surface area contributed by atoms with Gasteiger partial charge in [0.1, 0.15) is 0 Å². The quantitative estimate of drug-likeness (QED) is 0.777. The van der Waals surface area contributed by atoms with E-state index in [0.29, 0.717) is 13.1 Å². The molecule has 0 unspecified atom stereocenters. The van der Waals surface area contributed by atoms with Crippen LogP contribution in [-0.2, 0) is 6.54 Å². The third-order valence-corrected chi connectivity index (χ3v) is 3.97. The smallest absolute Gasteiger partial charge is 0.0771 e. The molecular formula is C15H20N4O. The van der Waals surface area contributed by atoms with Crippen LogP contribution >= 0.6 is 0 Å². The number of aliphatic hydroxyl groups is 1. The van der Waals surface area contributed by atoms with Gasteiger partial charge in [-0.15, -0.1) is 0 Å². The topological polar surface area (TPSA) is 73.8 Å². The van der Waals surface area contributed by atoms with E-state index in [0.717, 1.165) is 42.5 Å². The van der Waals surface area contributed by atoms with Gasteiger partial charge in [0.25, 0.3) is 0 Å². The third kappa shape index (κ3) is 2.89. The van der Waals surface area contributed by atoms with Crippen LogP contribution in [0, 0.1) is 0 Å². The molecule has 0 saturated heterocycles. The molecular weight excluding hydrogens is 252 g/mol. The minimum atomic E-state index is -0.516. The lowest BCUT2D eigenvalue weighted by Crippen LogP contribution is -2.37. The van der Waals surface area contributed by atoms with Crippen LogP contribution in [0.1, 0.15) is 31.2 Å². The number of rotatable bonds is 5. The van der Waals surface area contributed by atoms with Gasteiger partial charge in [0.05, 0.1) is 17.5 Å². The van der Waals surface area contributed by atoms with Crippen molar-refractivity contribution >= 4 is 0 Å². The highest BCUT2D eigenvalue weighted by atomic mass is 16.3. The maximum atomic E-state index is 10.3. The Labute approximate surface area is 118 Å². The molecule has 1 aliphatic rings. The predicted molar refractivity (Wildman–Crippen MR) is 76.9 cm³/mol.